The number of benzene rings is 6. The maximum atomic E-state index is 13.2. The average Bonchev–Trinajstić information content (AvgIpc) is 1.72. The second-order valence-corrected chi connectivity index (χ2v) is 30.7. The third kappa shape index (κ3) is 16.7. The standard InChI is InChI=1S/C35H39N3O8S2.C25H25NO6S.C10H16N2O3S.CH3F.CH4/c1-43-28-13-12-21-16-27-24-18-29(44-2)30(45-32(39)11-7-6-10-31-33-26(20-47-31)36-35(40)37-33)17-22(24)14-15-38(27)19-25(21)34(28)46-48(41,42)23-8-4-3-5-9-23;1-30-23-9-8-16-12-21-19-14-24(31-2)22(27)13-17(19)10-11-26(21)15-20(16)25(23)32-33(28,29)18-6-4-3-5-7-18;13-8(14)4-2-1-3-7-9-6(5-16-7)11-10(15)12-9;1-2;/h3-5,8-9,12-13,17-18,26-27,31,33H,6-7,10-11,14-16,19-20H2,1-2H3,(H2,36,37,40);3-9,13-14,21,27H,10-12,15H2,1-2H3;6-7,9H,1-5H2,(H,13,14)(H2,11,12,15);1H3;1H4/t26-,27?,31-,33-;;6-,7-,9-;;/m1.1../s1/i;;;1D;. The predicted molar refractivity (Wildman–Crippen MR) is 378 cm³/mol. The number of carbonyl (C=O) groups excluding carboxylic acids is 3. The molecule has 0 radical (unpaired) electrons. The molecule has 0 spiro atoms. The first-order valence-electron chi connectivity index (χ1n) is 33.5. The van der Waals surface area contributed by atoms with E-state index in [1.807, 2.05) is 53.9 Å². The molecule has 0 saturated carbocycles. The summed E-state index contributed by atoms with van der Waals surface area (Å²) in [6.07, 6.45) is 8.53. The number of amides is 4. The number of halogens is 1. The Morgan fingerprint density at radius 3 is 1.47 bits per heavy atom. The molecule has 8 heterocycles. The molecule has 28 heteroatoms. The van der Waals surface area contributed by atoms with E-state index >= 15 is 0 Å². The molecule has 4 amide bonds. The summed E-state index contributed by atoms with van der Waals surface area (Å²) in [4.78, 5) is 50.8. The van der Waals surface area contributed by atoms with Crippen LogP contribution in [0.5, 0.6) is 46.0 Å². The number of carbonyl (C=O) groups is 4. The van der Waals surface area contributed by atoms with E-state index in [9.17, 15) is 45.5 Å². The van der Waals surface area contributed by atoms with Crippen molar-refractivity contribution in [3.63, 3.8) is 0 Å². The van der Waals surface area contributed by atoms with E-state index in [1.165, 1.54) is 38.5 Å². The number of unbranched alkanes of at least 4 members (excludes halogenated alkanes) is 2. The van der Waals surface area contributed by atoms with Crippen molar-refractivity contribution in [3.05, 3.63) is 154 Å². The van der Waals surface area contributed by atoms with E-state index in [0.29, 0.717) is 78.0 Å². The number of nitrogens with zero attached hydrogens (tertiary/aromatic N) is 2. The Morgan fingerprint density at radius 2 is 1.02 bits per heavy atom. The molecule has 23 nitrogen and oxygen atoms in total. The summed E-state index contributed by atoms with van der Waals surface area (Å²) in [6, 6.07) is 32.1. The summed E-state index contributed by atoms with van der Waals surface area (Å²) in [5.41, 5.74) is 8.03. The molecule has 6 N–H and O–H groups in total. The number of fused-ring (bicyclic) bond motifs is 10. The van der Waals surface area contributed by atoms with Gasteiger partial charge in [-0.15, -0.1) is 0 Å². The number of rotatable bonds is 21. The predicted octanol–water partition coefficient (Wildman–Crippen LogP) is 10.6. The molecule has 14 rings (SSSR count). The van der Waals surface area contributed by atoms with Crippen LogP contribution < -0.4 is 53.3 Å². The summed E-state index contributed by atoms with van der Waals surface area (Å²) < 4.78 is 107. The molecule has 6 aromatic rings. The number of aromatic hydroxyl groups is 1. The van der Waals surface area contributed by atoms with Crippen LogP contribution in [0.15, 0.2) is 119 Å². The second kappa shape index (κ2) is 33.1. The Balaban J connectivity index is 0.000000178. The summed E-state index contributed by atoms with van der Waals surface area (Å²) in [7, 11) is -2.96. The molecule has 6 aromatic carbocycles. The van der Waals surface area contributed by atoms with E-state index in [2.05, 4.69) is 31.1 Å². The minimum Gasteiger partial charge on any atom is -0.504 e. The first-order chi connectivity index (χ1) is 48.2. The highest BCUT2D eigenvalue weighted by molar-refractivity contribution is 8.00. The Morgan fingerprint density at radius 1 is 0.580 bits per heavy atom. The lowest BCUT2D eigenvalue weighted by Crippen LogP contribution is -2.39. The fourth-order valence-electron chi connectivity index (χ4n) is 14.3. The van der Waals surface area contributed by atoms with Gasteiger partial charge in [0.2, 0.25) is 0 Å². The topological polar surface area (TPSA) is 296 Å². The minimum atomic E-state index is -4.07. The molecule has 100 heavy (non-hydrogen) atoms. The molecular weight excluding hydrogens is 1370 g/mol. The highest BCUT2D eigenvalue weighted by Gasteiger charge is 2.45. The average molecular weight is 1460 g/mol. The number of alkyl halides is 1. The number of carboxylic acids is 1. The number of ether oxygens (including phenoxy) is 5. The molecule has 8 aliphatic heterocycles. The van der Waals surface area contributed by atoms with Crippen LogP contribution in [0.2, 0.25) is 0 Å². The molecule has 4 saturated heterocycles. The van der Waals surface area contributed by atoms with Crippen molar-refractivity contribution in [3.8, 4) is 46.0 Å². The van der Waals surface area contributed by atoms with Crippen molar-refractivity contribution in [1.82, 2.24) is 31.1 Å². The molecule has 0 aliphatic carbocycles. The number of methoxy groups -OCH3 is 4. The summed E-state index contributed by atoms with van der Waals surface area (Å²) in [6.45, 7) is 2.53. The highest BCUT2D eigenvalue weighted by atomic mass is 32.2. The van der Waals surface area contributed by atoms with Crippen molar-refractivity contribution >= 4 is 67.8 Å². The van der Waals surface area contributed by atoms with Crippen molar-refractivity contribution in [2.24, 2.45) is 0 Å². The second-order valence-electron chi connectivity index (χ2n) is 25.1. The SMILES string of the molecule is C.COc1cc2c(cc1O)CCN1Cc3c(ccc(OC)c3OS(=O)(=O)c3ccccc3)CC21.COc1cc2c(cc1OC(=O)CCCC[C@H]1SC[C@H]3NC(=O)N[C@H]31)CCN1Cc3c(ccc(OC)c3OS(=O)(=O)c3ccccc3)CC21.O=C(O)CCCC[C@H]1SC[C@H]2NC(=O)N[C@H]21.[2H]CF. The number of phenolic OH excluding ortho intramolecular Hbond substituents is 1. The van der Waals surface area contributed by atoms with Gasteiger partial charge in [0.05, 0.1) is 61.1 Å². The van der Waals surface area contributed by atoms with Crippen LogP contribution >= 0.6 is 23.5 Å². The van der Waals surface area contributed by atoms with Crippen molar-refractivity contribution in [2.45, 2.75) is 154 Å². The van der Waals surface area contributed by atoms with Gasteiger partial charge in [0.15, 0.2) is 46.0 Å². The third-order valence-electron chi connectivity index (χ3n) is 19.2. The fraction of sp³-hybridized carbons (Fsp3) is 0.444. The molecule has 2 unspecified atom stereocenters. The number of phenols is 1. The lowest BCUT2D eigenvalue weighted by atomic mass is 9.83. The Hall–Kier alpha value is -8.15. The van der Waals surface area contributed by atoms with Crippen LogP contribution in [0.1, 0.15) is 117 Å². The van der Waals surface area contributed by atoms with Gasteiger partial charge < -0.3 is 63.5 Å². The van der Waals surface area contributed by atoms with Gasteiger partial charge in [-0.3, -0.25) is 23.8 Å². The van der Waals surface area contributed by atoms with Gasteiger partial charge in [-0.05, 0) is 145 Å². The number of thioether (sulfide) groups is 2. The van der Waals surface area contributed by atoms with Crippen LogP contribution in [0.4, 0.5) is 14.0 Å². The van der Waals surface area contributed by atoms with Crippen molar-refractivity contribution < 1.29 is 84.0 Å². The quantitative estimate of drug-likeness (QED) is 0.0128. The number of carboxylic acid groups (broad SMARTS) is 1. The molecule has 8 atom stereocenters. The number of hydrogen-bond donors (Lipinski definition) is 6. The molecular formula is C72H87FN6O17S4. The maximum absolute atomic E-state index is 13.2. The lowest BCUT2D eigenvalue weighted by molar-refractivity contribution is -0.137. The molecule has 0 aromatic heterocycles. The largest absolute Gasteiger partial charge is 0.504 e. The Bertz CT molecular complexity index is 4190. The molecule has 8 aliphatic rings. The number of nitrogens with one attached hydrogen (secondary N) is 4. The van der Waals surface area contributed by atoms with E-state index in [-0.39, 0.29) is 95.2 Å². The Kier molecular flexibility index (Phi) is 24.2. The first-order valence-corrected chi connectivity index (χ1v) is 37.7. The first kappa shape index (κ1) is 73.1. The van der Waals surface area contributed by atoms with Gasteiger partial charge in [-0.2, -0.15) is 40.4 Å². The minimum absolute atomic E-state index is 0. The van der Waals surface area contributed by atoms with Crippen LogP contribution in [-0.2, 0) is 68.6 Å². The lowest BCUT2D eigenvalue weighted by Gasteiger charge is -2.42. The summed E-state index contributed by atoms with van der Waals surface area (Å²) in [5.74, 6) is 3.59. The summed E-state index contributed by atoms with van der Waals surface area (Å²) >= 11 is 3.74. The molecule has 4 fully saturated rings. The van der Waals surface area contributed by atoms with E-state index in [1.54, 1.807) is 68.8 Å². The zero-order valence-corrected chi connectivity index (χ0v) is 58.6. The number of urea groups is 2. The van der Waals surface area contributed by atoms with Gasteiger partial charge in [0.1, 0.15) is 9.79 Å². The molecule has 0 bridgehead atoms. The fourth-order valence-corrected chi connectivity index (χ4v) is 19.4. The van der Waals surface area contributed by atoms with Gasteiger partial charge >= 0.3 is 44.2 Å². The maximum Gasteiger partial charge on any atom is 0.339 e. The van der Waals surface area contributed by atoms with Gasteiger partial charge in [-0.1, -0.05) is 68.8 Å². The Labute approximate surface area is 593 Å². The zero-order chi connectivity index (χ0) is 70.8. The smallest absolute Gasteiger partial charge is 0.339 e. The van der Waals surface area contributed by atoms with Gasteiger partial charge in [0.25, 0.3) is 0 Å². The number of hydrogen-bond acceptors (Lipinski definition) is 20. The normalized spacial score (nSPS) is 22.0. The molecule has 538 valence electrons. The van der Waals surface area contributed by atoms with Crippen molar-refractivity contribution in [2.75, 3.05) is 60.2 Å². The highest BCUT2D eigenvalue weighted by Crippen LogP contribution is 2.49. The number of aliphatic carboxylic acids is 1. The van der Waals surface area contributed by atoms with Gasteiger partial charge in [-0.25, -0.2) is 9.59 Å². The van der Waals surface area contributed by atoms with Gasteiger partial charge in [0, 0.05) is 84.2 Å². The summed E-state index contributed by atoms with van der Waals surface area (Å²) in [5, 5.41) is 31.3. The van der Waals surface area contributed by atoms with Crippen LogP contribution in [-0.4, -0.2) is 156 Å². The van der Waals surface area contributed by atoms with E-state index < -0.39 is 33.4 Å². The van der Waals surface area contributed by atoms with Crippen LogP contribution in [0.3, 0.4) is 0 Å². The zero-order valence-electron chi connectivity index (χ0n) is 56.4. The van der Waals surface area contributed by atoms with E-state index in [0.717, 1.165) is 114 Å². The third-order valence-corrected chi connectivity index (χ3v) is 24.7. The van der Waals surface area contributed by atoms with Crippen LogP contribution in [0, 0.1) is 0 Å². The van der Waals surface area contributed by atoms with Crippen LogP contribution in [0.25, 0.3) is 0 Å². The van der Waals surface area contributed by atoms with Crippen molar-refractivity contribution in [1.29, 1.82) is 0 Å². The number of esters is 1. The van der Waals surface area contributed by atoms with E-state index in [4.69, 9.17) is 38.5 Å². The monoisotopic (exact) mass is 1460 g/mol.